The summed E-state index contributed by atoms with van der Waals surface area (Å²) in [5, 5.41) is 8.04. The van der Waals surface area contributed by atoms with Gasteiger partial charge in [0.05, 0.1) is 5.52 Å². The van der Waals surface area contributed by atoms with Gasteiger partial charge in [0.2, 0.25) is 5.91 Å². The molecule has 1 aliphatic carbocycles. The van der Waals surface area contributed by atoms with E-state index >= 15 is 0 Å². The Morgan fingerprint density at radius 1 is 1.08 bits per heavy atom. The van der Waals surface area contributed by atoms with Crippen LogP contribution in [-0.2, 0) is 16.1 Å². The number of nitrogens with zero attached hydrogens (tertiary/aromatic N) is 5. The normalized spacial score (nSPS) is 19.0. The molecule has 0 saturated heterocycles. The third-order valence-electron chi connectivity index (χ3n) is 7.16. The molecule has 1 unspecified atom stereocenters. The third-order valence-corrected chi connectivity index (χ3v) is 7.60. The van der Waals surface area contributed by atoms with Crippen LogP contribution in [0, 0.1) is 24.7 Å². The molecule has 38 heavy (non-hydrogen) atoms. The number of nitrogens with one attached hydrogen (secondary N) is 1. The van der Waals surface area contributed by atoms with Gasteiger partial charge >= 0.3 is 0 Å². The molecule has 0 bridgehead atoms. The van der Waals surface area contributed by atoms with Crippen molar-refractivity contribution in [1.29, 1.82) is 0 Å². The van der Waals surface area contributed by atoms with E-state index in [-0.39, 0.29) is 29.9 Å². The number of amides is 1. The van der Waals surface area contributed by atoms with E-state index < -0.39 is 11.8 Å². The summed E-state index contributed by atoms with van der Waals surface area (Å²) in [6.45, 7) is 5.26. The number of pyridine rings is 1. The molecule has 1 N–H and O–H groups in total. The largest absolute Gasteiger partial charge is 0.310 e. The number of anilines is 1. The second-order valence-corrected chi connectivity index (χ2v) is 10.6. The lowest BCUT2D eigenvalue weighted by atomic mass is 9.86. The van der Waals surface area contributed by atoms with Crippen LogP contribution < -0.4 is 5.32 Å². The van der Waals surface area contributed by atoms with Crippen molar-refractivity contribution in [2.75, 3.05) is 5.32 Å². The van der Waals surface area contributed by atoms with Crippen molar-refractivity contribution >= 4 is 50.1 Å². The zero-order valence-corrected chi connectivity index (χ0v) is 22.9. The molecule has 3 atom stereocenters. The molecule has 194 valence electrons. The summed E-state index contributed by atoms with van der Waals surface area (Å²) in [6, 6.07) is 10.9. The maximum Gasteiger partial charge on any atom is 0.229 e. The third kappa shape index (κ3) is 5.13. The average molecular weight is 575 g/mol. The standard InChI is InChI=1S/C28H27BrN6O3/c1-15-7-9-20(28(38)33-25-6-4-5-24(29)32-25)26(15)23(37)14-35-22-10-8-18(19-12-30-17(3)31-13-19)11-21(22)27(34-35)16(2)36/h4-6,8,10-13,15,20,26H,7,9,14H2,1-3H3,(H,32,33,38)/t15-,20+,26?/m0/s1. The van der Waals surface area contributed by atoms with E-state index in [1.54, 1.807) is 35.3 Å². The number of benzene rings is 1. The number of carbonyl (C=O) groups is 3. The second kappa shape index (κ2) is 10.5. The van der Waals surface area contributed by atoms with E-state index in [4.69, 9.17) is 0 Å². The lowest BCUT2D eigenvalue weighted by molar-refractivity contribution is -0.131. The monoisotopic (exact) mass is 574 g/mol. The van der Waals surface area contributed by atoms with E-state index in [9.17, 15) is 14.4 Å². The summed E-state index contributed by atoms with van der Waals surface area (Å²) in [6.07, 6.45) is 4.88. The molecule has 9 nitrogen and oxygen atoms in total. The maximum absolute atomic E-state index is 13.6. The van der Waals surface area contributed by atoms with E-state index in [0.717, 1.165) is 17.5 Å². The Kier molecular flexibility index (Phi) is 7.16. The van der Waals surface area contributed by atoms with Crippen LogP contribution in [0.15, 0.2) is 53.4 Å². The molecule has 1 amide bonds. The lowest BCUT2D eigenvalue weighted by Gasteiger charge is -2.21. The predicted octanol–water partition coefficient (Wildman–Crippen LogP) is 5.03. The molecule has 1 saturated carbocycles. The first-order valence-corrected chi connectivity index (χ1v) is 13.3. The summed E-state index contributed by atoms with van der Waals surface area (Å²) in [7, 11) is 0. The van der Waals surface area contributed by atoms with Crippen LogP contribution in [0.25, 0.3) is 22.0 Å². The van der Waals surface area contributed by atoms with Gasteiger partial charge in [0.1, 0.15) is 28.5 Å². The quantitative estimate of drug-likeness (QED) is 0.242. The first-order chi connectivity index (χ1) is 18.2. The predicted molar refractivity (Wildman–Crippen MR) is 146 cm³/mol. The van der Waals surface area contributed by atoms with Gasteiger partial charge in [-0.1, -0.05) is 19.1 Å². The summed E-state index contributed by atoms with van der Waals surface area (Å²) in [4.78, 5) is 52.0. The van der Waals surface area contributed by atoms with Gasteiger partial charge in [-0.15, -0.1) is 0 Å². The number of carbonyl (C=O) groups excluding carboxylic acids is 3. The molecule has 5 rings (SSSR count). The average Bonchev–Trinajstić information content (AvgIpc) is 3.45. The summed E-state index contributed by atoms with van der Waals surface area (Å²) in [5.74, 6) is -0.222. The number of rotatable bonds is 7. The summed E-state index contributed by atoms with van der Waals surface area (Å²) < 4.78 is 2.20. The van der Waals surface area contributed by atoms with Crippen molar-refractivity contribution in [1.82, 2.24) is 24.7 Å². The Labute approximate surface area is 228 Å². The fourth-order valence-electron chi connectivity index (χ4n) is 5.26. The summed E-state index contributed by atoms with van der Waals surface area (Å²) >= 11 is 3.31. The molecule has 1 aromatic carbocycles. The highest BCUT2D eigenvalue weighted by molar-refractivity contribution is 9.10. The molecule has 0 radical (unpaired) electrons. The van der Waals surface area contributed by atoms with Crippen LogP contribution in [0.3, 0.4) is 0 Å². The van der Waals surface area contributed by atoms with Crippen molar-refractivity contribution in [2.24, 2.45) is 17.8 Å². The molecule has 10 heteroatoms. The van der Waals surface area contributed by atoms with Crippen LogP contribution in [0.5, 0.6) is 0 Å². The Bertz CT molecular complexity index is 1550. The first kappa shape index (κ1) is 25.8. The highest BCUT2D eigenvalue weighted by Crippen LogP contribution is 2.39. The number of halogens is 1. The Morgan fingerprint density at radius 3 is 2.55 bits per heavy atom. The number of hydrogen-bond acceptors (Lipinski definition) is 7. The van der Waals surface area contributed by atoms with Crippen molar-refractivity contribution in [3.63, 3.8) is 0 Å². The van der Waals surface area contributed by atoms with Crippen LogP contribution in [0.4, 0.5) is 5.82 Å². The van der Waals surface area contributed by atoms with Crippen molar-refractivity contribution < 1.29 is 14.4 Å². The fraction of sp³-hybridized carbons (Fsp3) is 0.321. The zero-order chi connectivity index (χ0) is 27.0. The molecule has 0 aliphatic heterocycles. The molecule has 0 spiro atoms. The molecule has 4 aromatic rings. The number of aromatic nitrogens is 5. The van der Waals surface area contributed by atoms with Crippen LogP contribution in [0.2, 0.25) is 0 Å². The minimum Gasteiger partial charge on any atom is -0.310 e. The lowest BCUT2D eigenvalue weighted by Crippen LogP contribution is -2.34. The van der Waals surface area contributed by atoms with Gasteiger partial charge in [0, 0.05) is 42.1 Å². The van der Waals surface area contributed by atoms with Gasteiger partial charge in [-0.25, -0.2) is 15.0 Å². The molecule has 1 fully saturated rings. The number of ketones is 2. The summed E-state index contributed by atoms with van der Waals surface area (Å²) in [5.41, 5.74) is 2.67. The van der Waals surface area contributed by atoms with Crippen LogP contribution in [0.1, 0.15) is 43.0 Å². The number of fused-ring (bicyclic) bond motifs is 1. The Balaban J connectivity index is 1.41. The van der Waals surface area contributed by atoms with Gasteiger partial charge in [-0.2, -0.15) is 5.10 Å². The van der Waals surface area contributed by atoms with Crippen LogP contribution in [-0.4, -0.2) is 42.2 Å². The smallest absolute Gasteiger partial charge is 0.229 e. The Morgan fingerprint density at radius 2 is 1.84 bits per heavy atom. The molecular formula is C28H27BrN6O3. The van der Waals surface area contributed by atoms with Crippen molar-refractivity contribution in [3.8, 4) is 11.1 Å². The molecule has 3 heterocycles. The van der Waals surface area contributed by atoms with Gasteiger partial charge in [0.15, 0.2) is 11.6 Å². The second-order valence-electron chi connectivity index (χ2n) is 9.80. The zero-order valence-electron chi connectivity index (χ0n) is 21.3. The van der Waals surface area contributed by atoms with Crippen molar-refractivity contribution in [2.45, 2.75) is 40.2 Å². The van der Waals surface area contributed by atoms with E-state index in [0.29, 0.717) is 39.3 Å². The van der Waals surface area contributed by atoms with E-state index in [2.05, 4.69) is 41.3 Å². The van der Waals surface area contributed by atoms with Crippen LogP contribution >= 0.6 is 15.9 Å². The number of hydrogen-bond donors (Lipinski definition) is 1. The van der Waals surface area contributed by atoms with E-state index in [1.165, 1.54) is 6.92 Å². The first-order valence-electron chi connectivity index (χ1n) is 12.5. The van der Waals surface area contributed by atoms with Gasteiger partial charge in [0.25, 0.3) is 0 Å². The molecule has 1 aliphatic rings. The molecular weight excluding hydrogens is 548 g/mol. The SMILES string of the molecule is CC(=O)c1nn(CC(=O)C2[C@@H](C)CC[C@H]2C(=O)Nc2cccc(Br)n2)c2ccc(-c3cnc(C)nc3)cc12. The van der Waals surface area contributed by atoms with Gasteiger partial charge in [-0.3, -0.25) is 19.1 Å². The fourth-order valence-corrected chi connectivity index (χ4v) is 5.61. The molecule has 3 aromatic heterocycles. The van der Waals surface area contributed by atoms with Gasteiger partial charge < -0.3 is 5.32 Å². The van der Waals surface area contributed by atoms with E-state index in [1.807, 2.05) is 32.0 Å². The topological polar surface area (TPSA) is 120 Å². The highest BCUT2D eigenvalue weighted by atomic mass is 79.9. The minimum atomic E-state index is -0.458. The van der Waals surface area contributed by atoms with Gasteiger partial charge in [-0.05, 0) is 71.4 Å². The number of Topliss-reactive ketones (excluding diaryl/α,β-unsaturated/α-hetero) is 2. The highest BCUT2D eigenvalue weighted by Gasteiger charge is 2.42. The number of aryl methyl sites for hydroxylation is 1. The maximum atomic E-state index is 13.6. The van der Waals surface area contributed by atoms with Crippen molar-refractivity contribution in [3.05, 3.63) is 64.9 Å². The minimum absolute atomic E-state index is 0.0231. The Hall–Kier alpha value is -3.79.